The smallest absolute Gasteiger partial charge is 0.350 e. The first-order valence-electron chi connectivity index (χ1n) is 14.7. The fraction of sp³-hybridized carbons (Fsp3) is 0.500. The number of allylic oxidation sites excluding steroid dienone is 1. The number of anilines is 2. The molecular formula is C30H35ClFN7O2S. The minimum absolute atomic E-state index is 0.157. The van der Waals surface area contributed by atoms with Gasteiger partial charge in [-0.2, -0.15) is 4.98 Å². The fourth-order valence-corrected chi connectivity index (χ4v) is 8.41. The van der Waals surface area contributed by atoms with E-state index in [0.717, 1.165) is 74.4 Å². The van der Waals surface area contributed by atoms with Crippen LogP contribution in [0.15, 0.2) is 23.5 Å². The number of halogens is 2. The van der Waals surface area contributed by atoms with Gasteiger partial charge < -0.3 is 26.0 Å². The second-order valence-electron chi connectivity index (χ2n) is 11.9. The highest BCUT2D eigenvalue weighted by atomic mass is 35.5. The number of rotatable bonds is 5. The van der Waals surface area contributed by atoms with Crippen LogP contribution in [0, 0.1) is 5.92 Å². The SMILES string of the molecule is C=C/C(F)=c1/sc(N)n/c1=C\c1c(Cl)cc2c(N3CC4CCC(C3)N4)nc(=O)n3c2c1OCC3C1CCCC(NC)C1. The first-order valence-corrected chi connectivity index (χ1v) is 15.9. The van der Waals surface area contributed by atoms with Crippen LogP contribution in [0.25, 0.3) is 22.8 Å². The Kier molecular flexibility index (Phi) is 7.24. The minimum atomic E-state index is -0.518. The number of thiazole rings is 1. The van der Waals surface area contributed by atoms with Crippen molar-refractivity contribution in [3.63, 3.8) is 0 Å². The van der Waals surface area contributed by atoms with Crippen LogP contribution in [-0.2, 0) is 0 Å². The molecule has 12 heteroatoms. The molecule has 1 aromatic carbocycles. The first-order chi connectivity index (χ1) is 20.3. The highest BCUT2D eigenvalue weighted by Crippen LogP contribution is 2.45. The second-order valence-corrected chi connectivity index (χ2v) is 13.3. The number of fused-ring (bicyclic) bond motifs is 2. The second kappa shape index (κ2) is 10.9. The molecule has 4 N–H and O–H groups in total. The number of nitrogens with zero attached hydrogens (tertiary/aromatic N) is 4. The summed E-state index contributed by atoms with van der Waals surface area (Å²) in [6, 6.07) is 2.86. The average Bonchev–Trinajstić information content (AvgIpc) is 3.55. The molecule has 0 amide bonds. The van der Waals surface area contributed by atoms with E-state index < -0.39 is 5.83 Å². The molecule has 9 nitrogen and oxygen atoms in total. The number of hydrogen-bond acceptors (Lipinski definition) is 9. The van der Waals surface area contributed by atoms with Crippen molar-refractivity contribution in [1.82, 2.24) is 25.2 Å². The number of aromatic nitrogens is 3. The molecule has 1 aliphatic carbocycles. The van der Waals surface area contributed by atoms with Gasteiger partial charge in [-0.15, -0.1) is 0 Å². The van der Waals surface area contributed by atoms with Gasteiger partial charge in [0, 0.05) is 42.2 Å². The molecule has 2 aromatic heterocycles. The molecule has 0 radical (unpaired) electrons. The number of nitrogens with one attached hydrogen (secondary N) is 2. The third-order valence-electron chi connectivity index (χ3n) is 9.39. The molecule has 222 valence electrons. The molecule has 7 rings (SSSR count). The lowest BCUT2D eigenvalue weighted by Crippen LogP contribution is -2.52. The van der Waals surface area contributed by atoms with Gasteiger partial charge in [0.15, 0.2) is 10.9 Å². The summed E-state index contributed by atoms with van der Waals surface area (Å²) < 4.78 is 23.4. The van der Waals surface area contributed by atoms with Crippen LogP contribution in [-0.4, -0.2) is 59.4 Å². The molecule has 4 aliphatic rings. The van der Waals surface area contributed by atoms with Crippen LogP contribution in [0.2, 0.25) is 5.02 Å². The minimum Gasteiger partial charge on any atom is -0.489 e. The number of ether oxygens (including phenoxy) is 1. The topological polar surface area (TPSA) is 110 Å². The van der Waals surface area contributed by atoms with E-state index in [4.69, 9.17) is 27.1 Å². The van der Waals surface area contributed by atoms with Gasteiger partial charge in [0.25, 0.3) is 0 Å². The van der Waals surface area contributed by atoms with E-state index in [9.17, 15) is 9.18 Å². The summed E-state index contributed by atoms with van der Waals surface area (Å²) in [5, 5.41) is 8.85. The monoisotopic (exact) mass is 611 g/mol. The highest BCUT2D eigenvalue weighted by Gasteiger charge is 2.38. The van der Waals surface area contributed by atoms with E-state index in [-0.39, 0.29) is 27.3 Å². The van der Waals surface area contributed by atoms with E-state index in [1.54, 1.807) is 6.08 Å². The van der Waals surface area contributed by atoms with Crippen LogP contribution in [0.4, 0.5) is 15.3 Å². The largest absolute Gasteiger partial charge is 0.489 e. The Hall–Kier alpha value is -2.99. The lowest BCUT2D eigenvalue weighted by atomic mass is 9.80. The maximum Gasteiger partial charge on any atom is 0.350 e. The molecular weight excluding hydrogens is 577 g/mol. The van der Waals surface area contributed by atoms with Crippen molar-refractivity contribution in [2.45, 2.75) is 62.7 Å². The third-order valence-corrected chi connectivity index (χ3v) is 10.6. The van der Waals surface area contributed by atoms with Crippen molar-refractivity contribution in [2.24, 2.45) is 5.92 Å². The van der Waals surface area contributed by atoms with Crippen LogP contribution in [0.5, 0.6) is 5.75 Å². The first kappa shape index (κ1) is 27.8. The van der Waals surface area contributed by atoms with Gasteiger partial charge in [0.05, 0.1) is 26.5 Å². The molecule has 3 aromatic rings. The molecule has 2 bridgehead atoms. The van der Waals surface area contributed by atoms with Gasteiger partial charge in [-0.3, -0.25) is 4.57 Å². The molecule has 0 spiro atoms. The quantitative estimate of drug-likeness (QED) is 0.404. The number of nitrogen functional groups attached to an aromatic ring is 1. The molecule has 5 atom stereocenters. The van der Waals surface area contributed by atoms with Crippen LogP contribution in [0.1, 0.15) is 50.1 Å². The molecule has 3 aliphatic heterocycles. The van der Waals surface area contributed by atoms with Crippen molar-refractivity contribution in [1.29, 1.82) is 0 Å². The standard InChI is InChI=1S/C30H35ClFN7O2S/c1-3-22(32)27-23(36-29(33)42-27)11-19-21(31)10-20-25-26(19)41-14-24(15-5-4-6-16(9-15)34-2)39(25)30(40)37-28(20)38-12-17-7-8-18(13-38)35-17/h3,10-11,15-18,24,34-35H,1,4-9,12-14H2,2H3,(H2,33,36)/b23-11-,27-22-. The molecule has 5 unspecified atom stereocenters. The van der Waals surface area contributed by atoms with Gasteiger partial charge in [0.1, 0.15) is 18.3 Å². The van der Waals surface area contributed by atoms with Gasteiger partial charge in [-0.05, 0) is 63.3 Å². The molecule has 3 fully saturated rings. The number of hydrogen-bond donors (Lipinski definition) is 3. The Bertz CT molecular complexity index is 1740. The summed E-state index contributed by atoms with van der Waals surface area (Å²) in [4.78, 5) is 25.4. The van der Waals surface area contributed by atoms with E-state index in [0.29, 0.717) is 57.8 Å². The Morgan fingerprint density at radius 3 is 2.81 bits per heavy atom. The van der Waals surface area contributed by atoms with Crippen LogP contribution >= 0.6 is 22.9 Å². The Labute approximate surface area is 251 Å². The van der Waals surface area contributed by atoms with Crippen LogP contribution in [0.3, 0.4) is 0 Å². The van der Waals surface area contributed by atoms with Crippen LogP contribution < -0.4 is 41.6 Å². The lowest BCUT2D eigenvalue weighted by Gasteiger charge is -2.39. The summed E-state index contributed by atoms with van der Waals surface area (Å²) in [7, 11) is 2.00. The summed E-state index contributed by atoms with van der Waals surface area (Å²) >= 11 is 8.03. The number of nitrogens with two attached hydrogens (primary N) is 1. The lowest BCUT2D eigenvalue weighted by molar-refractivity contribution is 0.141. The van der Waals surface area contributed by atoms with Crippen molar-refractivity contribution in [3.05, 3.63) is 49.7 Å². The van der Waals surface area contributed by atoms with E-state index in [1.807, 2.05) is 17.7 Å². The molecule has 2 saturated heterocycles. The Morgan fingerprint density at radius 1 is 1.29 bits per heavy atom. The van der Waals surface area contributed by atoms with Gasteiger partial charge in [-0.25, -0.2) is 14.2 Å². The number of piperazine rings is 1. The average molecular weight is 612 g/mol. The summed E-state index contributed by atoms with van der Waals surface area (Å²) in [5.41, 5.74) is 6.92. The van der Waals surface area contributed by atoms with Crippen molar-refractivity contribution in [3.8, 4) is 5.75 Å². The van der Waals surface area contributed by atoms with E-state index in [2.05, 4.69) is 27.1 Å². The summed E-state index contributed by atoms with van der Waals surface area (Å²) in [6.45, 7) is 5.43. The molecule has 1 saturated carbocycles. The van der Waals surface area contributed by atoms with Crippen molar-refractivity contribution < 1.29 is 9.13 Å². The highest BCUT2D eigenvalue weighted by molar-refractivity contribution is 7.13. The van der Waals surface area contributed by atoms with Gasteiger partial charge >= 0.3 is 5.69 Å². The predicted octanol–water partition coefficient (Wildman–Crippen LogP) is 2.83. The zero-order chi connectivity index (χ0) is 29.1. The van der Waals surface area contributed by atoms with E-state index in [1.165, 1.54) is 0 Å². The summed E-state index contributed by atoms with van der Waals surface area (Å²) in [6.07, 6.45) is 9.24. The maximum absolute atomic E-state index is 14.7. The molecule has 42 heavy (non-hydrogen) atoms. The maximum atomic E-state index is 14.7. The molecule has 5 heterocycles. The van der Waals surface area contributed by atoms with E-state index >= 15 is 0 Å². The third kappa shape index (κ3) is 4.70. The van der Waals surface area contributed by atoms with Gasteiger partial charge in [0.2, 0.25) is 0 Å². The zero-order valence-electron chi connectivity index (χ0n) is 23.5. The zero-order valence-corrected chi connectivity index (χ0v) is 25.1. The van der Waals surface area contributed by atoms with Crippen molar-refractivity contribution in [2.75, 3.05) is 37.4 Å². The Balaban J connectivity index is 1.47. The van der Waals surface area contributed by atoms with Gasteiger partial charge in [-0.1, -0.05) is 35.9 Å². The normalized spacial score (nSPS) is 28.2. The number of benzene rings is 1. The van der Waals surface area contributed by atoms with Crippen molar-refractivity contribution >= 4 is 56.7 Å². The predicted molar refractivity (Wildman–Crippen MR) is 167 cm³/mol. The Morgan fingerprint density at radius 2 is 2.07 bits per heavy atom. The summed E-state index contributed by atoms with van der Waals surface area (Å²) in [5.74, 6) is 0.877. The fourth-order valence-electron chi connectivity index (χ4n) is 7.42.